The number of benzene rings is 3. The first-order valence-electron chi connectivity index (χ1n) is 11.1. The number of nitrogens with zero attached hydrogens (tertiary/aromatic N) is 4. The highest BCUT2D eigenvalue weighted by atomic mass is 32.2. The van der Waals surface area contributed by atoms with E-state index < -0.39 is 11.0 Å². The molecule has 0 saturated heterocycles. The zero-order chi connectivity index (χ0) is 23.9. The number of nitro benzene ring substituents is 1. The van der Waals surface area contributed by atoms with Crippen molar-refractivity contribution in [3.63, 3.8) is 0 Å². The maximum atomic E-state index is 13.2. The molecule has 8 nitrogen and oxygen atoms in total. The average Bonchev–Trinajstić information content (AvgIpc) is 3.44. The van der Waals surface area contributed by atoms with Crippen molar-refractivity contribution in [2.45, 2.75) is 18.2 Å². The van der Waals surface area contributed by atoms with Crippen LogP contribution in [-0.2, 0) is 17.0 Å². The van der Waals surface area contributed by atoms with Crippen LogP contribution in [0.15, 0.2) is 89.0 Å². The highest BCUT2D eigenvalue weighted by molar-refractivity contribution is 8.13. The number of nitrogens with one attached hydrogen (secondary N) is 1. The van der Waals surface area contributed by atoms with Crippen molar-refractivity contribution < 1.29 is 9.72 Å². The van der Waals surface area contributed by atoms with E-state index >= 15 is 0 Å². The number of aliphatic imine (C=N–C) groups is 2. The number of amidine groups is 2. The molecule has 1 aromatic heterocycles. The highest BCUT2D eigenvalue weighted by Crippen LogP contribution is 2.36. The van der Waals surface area contributed by atoms with Gasteiger partial charge in [0, 0.05) is 47.0 Å². The molecule has 35 heavy (non-hydrogen) atoms. The minimum absolute atomic E-state index is 0.0508. The molecule has 4 aromatic rings. The number of rotatable bonds is 5. The molecule has 1 atom stereocenters. The van der Waals surface area contributed by atoms with Crippen LogP contribution in [0.5, 0.6) is 0 Å². The minimum atomic E-state index is -0.520. The zero-order valence-electron chi connectivity index (χ0n) is 18.4. The van der Waals surface area contributed by atoms with Crippen LogP contribution in [0.25, 0.3) is 10.9 Å². The number of H-pyrrole nitrogens is 1. The maximum absolute atomic E-state index is 13.2. The largest absolute Gasteiger partial charge is 0.361 e. The summed E-state index contributed by atoms with van der Waals surface area (Å²) >= 11 is 1.45. The Hall–Kier alpha value is -4.24. The first kappa shape index (κ1) is 21.3. The second kappa shape index (κ2) is 8.52. The predicted octanol–water partition coefficient (Wildman–Crippen LogP) is 5.21. The van der Waals surface area contributed by atoms with Gasteiger partial charge in [0.1, 0.15) is 11.9 Å². The molecule has 2 aliphatic rings. The Balaban J connectivity index is 1.35. The van der Waals surface area contributed by atoms with E-state index in [9.17, 15) is 14.9 Å². The Morgan fingerprint density at radius 1 is 1.03 bits per heavy atom. The van der Waals surface area contributed by atoms with E-state index in [1.165, 1.54) is 17.8 Å². The number of thioether (sulfide) groups is 1. The molecule has 0 spiro atoms. The van der Waals surface area contributed by atoms with E-state index in [0.717, 1.165) is 33.3 Å². The van der Waals surface area contributed by atoms with E-state index in [4.69, 9.17) is 4.99 Å². The summed E-state index contributed by atoms with van der Waals surface area (Å²) in [5.41, 5.74) is 4.49. The number of para-hydroxylation sites is 2. The number of fused-ring (bicyclic) bond motifs is 4. The van der Waals surface area contributed by atoms with Gasteiger partial charge in [-0.3, -0.25) is 19.8 Å². The molecule has 2 aliphatic heterocycles. The zero-order valence-corrected chi connectivity index (χ0v) is 19.2. The third-order valence-electron chi connectivity index (χ3n) is 6.19. The fraction of sp³-hybridized carbons (Fsp3) is 0.115. The lowest BCUT2D eigenvalue weighted by Crippen LogP contribution is -2.44. The summed E-state index contributed by atoms with van der Waals surface area (Å²) in [6.45, 7) is 0. The van der Waals surface area contributed by atoms with Crippen molar-refractivity contribution in [1.82, 2.24) is 9.88 Å². The first-order chi connectivity index (χ1) is 17.1. The van der Waals surface area contributed by atoms with Crippen LogP contribution in [0.3, 0.4) is 0 Å². The van der Waals surface area contributed by atoms with Crippen LogP contribution >= 0.6 is 11.8 Å². The summed E-state index contributed by atoms with van der Waals surface area (Å²) in [7, 11) is 0. The summed E-state index contributed by atoms with van der Waals surface area (Å²) < 4.78 is 0. The molecule has 3 aromatic carbocycles. The minimum Gasteiger partial charge on any atom is -0.361 e. The second-order valence-electron chi connectivity index (χ2n) is 8.35. The van der Waals surface area contributed by atoms with E-state index in [1.807, 2.05) is 65.7 Å². The van der Waals surface area contributed by atoms with Crippen LogP contribution in [-0.4, -0.2) is 37.8 Å². The molecule has 0 bridgehead atoms. The average molecular weight is 482 g/mol. The number of carbonyl (C=O) groups is 1. The van der Waals surface area contributed by atoms with Gasteiger partial charge in [-0.2, -0.15) is 4.99 Å². The Morgan fingerprint density at radius 2 is 1.86 bits per heavy atom. The van der Waals surface area contributed by atoms with E-state index in [-0.39, 0.29) is 11.6 Å². The van der Waals surface area contributed by atoms with Gasteiger partial charge in [-0.1, -0.05) is 54.2 Å². The van der Waals surface area contributed by atoms with Gasteiger partial charge < -0.3 is 4.98 Å². The molecule has 0 fully saturated rings. The molecule has 0 saturated carbocycles. The topological polar surface area (TPSA) is 104 Å². The maximum Gasteiger partial charge on any atom is 0.271 e. The predicted molar refractivity (Wildman–Crippen MR) is 137 cm³/mol. The van der Waals surface area contributed by atoms with Crippen LogP contribution in [0.1, 0.15) is 16.7 Å². The fourth-order valence-electron chi connectivity index (χ4n) is 4.52. The van der Waals surface area contributed by atoms with E-state index in [2.05, 4.69) is 9.98 Å². The molecule has 0 aliphatic carbocycles. The standard InChI is InChI=1S/C26H19N5O3S/c32-25-23(13-17-14-27-21-10-3-1-8-19(17)21)30-24(29-25)20-9-2-4-11-22(20)28-26(30)35-15-16-6-5-7-18(12-16)31(33)34/h1-12,14,23,27H,13,15H2. The van der Waals surface area contributed by atoms with Gasteiger partial charge in [0.2, 0.25) is 0 Å². The lowest BCUT2D eigenvalue weighted by Gasteiger charge is -2.31. The summed E-state index contributed by atoms with van der Waals surface area (Å²) in [4.78, 5) is 38.5. The van der Waals surface area contributed by atoms with E-state index in [0.29, 0.717) is 23.2 Å². The van der Waals surface area contributed by atoms with Crippen molar-refractivity contribution in [1.29, 1.82) is 0 Å². The number of hydrogen-bond acceptors (Lipinski definition) is 6. The Bertz CT molecular complexity index is 1560. The molecular weight excluding hydrogens is 462 g/mol. The van der Waals surface area contributed by atoms with Gasteiger partial charge in [-0.25, -0.2) is 4.99 Å². The van der Waals surface area contributed by atoms with Gasteiger partial charge in [0.25, 0.3) is 11.6 Å². The summed E-state index contributed by atoms with van der Waals surface area (Å²) in [6.07, 6.45) is 2.43. The van der Waals surface area contributed by atoms with Crippen LogP contribution in [0, 0.1) is 10.1 Å². The normalized spacial score (nSPS) is 16.6. The van der Waals surface area contributed by atoms with Crippen molar-refractivity contribution >= 4 is 51.0 Å². The van der Waals surface area contributed by atoms with Gasteiger partial charge in [-0.05, 0) is 29.3 Å². The number of amides is 1. The Labute approximate surface area is 204 Å². The van der Waals surface area contributed by atoms with Crippen LogP contribution in [0.2, 0.25) is 0 Å². The fourth-order valence-corrected chi connectivity index (χ4v) is 5.51. The third-order valence-corrected chi connectivity index (χ3v) is 7.21. The second-order valence-corrected chi connectivity index (χ2v) is 9.29. The number of aromatic nitrogens is 1. The van der Waals surface area contributed by atoms with Crippen LogP contribution < -0.4 is 0 Å². The molecule has 6 rings (SSSR count). The van der Waals surface area contributed by atoms with Crippen molar-refractivity contribution in [2.75, 3.05) is 0 Å². The smallest absolute Gasteiger partial charge is 0.271 e. The molecule has 0 radical (unpaired) electrons. The molecule has 9 heteroatoms. The molecule has 1 amide bonds. The first-order valence-corrected chi connectivity index (χ1v) is 12.1. The van der Waals surface area contributed by atoms with Crippen molar-refractivity contribution in [3.8, 4) is 0 Å². The summed E-state index contributed by atoms with van der Waals surface area (Å²) in [5.74, 6) is 0.873. The number of carbonyl (C=O) groups excluding carboxylic acids is 1. The monoisotopic (exact) mass is 481 g/mol. The number of nitro groups is 1. The summed E-state index contributed by atoms with van der Waals surface area (Å²) in [6, 6.07) is 21.7. The Morgan fingerprint density at radius 3 is 2.74 bits per heavy atom. The van der Waals surface area contributed by atoms with Gasteiger partial charge in [0.05, 0.1) is 10.6 Å². The van der Waals surface area contributed by atoms with Crippen molar-refractivity contribution in [2.24, 2.45) is 9.98 Å². The Kier molecular flexibility index (Phi) is 5.18. The number of hydrogen-bond donors (Lipinski definition) is 1. The molecule has 3 heterocycles. The molecular formula is C26H19N5O3S. The third kappa shape index (κ3) is 3.79. The van der Waals surface area contributed by atoms with Gasteiger partial charge >= 0.3 is 0 Å². The lowest BCUT2D eigenvalue weighted by molar-refractivity contribution is -0.384. The summed E-state index contributed by atoms with van der Waals surface area (Å²) in [5, 5.41) is 12.9. The van der Waals surface area contributed by atoms with Crippen molar-refractivity contribution in [3.05, 3.63) is 106 Å². The van der Waals surface area contributed by atoms with Crippen LogP contribution in [0.4, 0.5) is 11.4 Å². The highest BCUT2D eigenvalue weighted by Gasteiger charge is 2.42. The SMILES string of the molecule is O=C1N=C2c3ccccc3N=C(SCc3cccc([N+](=O)[O-])c3)N2C1Cc1c[nH]c2ccccc12. The quantitative estimate of drug-likeness (QED) is 0.311. The number of non-ortho nitro benzene ring substituents is 1. The molecule has 1 unspecified atom stereocenters. The van der Waals surface area contributed by atoms with E-state index in [1.54, 1.807) is 12.1 Å². The van der Waals surface area contributed by atoms with Gasteiger partial charge in [-0.15, -0.1) is 0 Å². The molecule has 1 N–H and O–H groups in total. The van der Waals surface area contributed by atoms with Gasteiger partial charge in [0.15, 0.2) is 5.17 Å². The number of aromatic amines is 1. The lowest BCUT2D eigenvalue weighted by atomic mass is 10.0. The molecule has 172 valence electrons.